The van der Waals surface area contributed by atoms with E-state index in [0.717, 1.165) is 5.75 Å². The van der Waals surface area contributed by atoms with E-state index in [-0.39, 0.29) is 0 Å². The Bertz CT molecular complexity index is 526. The van der Waals surface area contributed by atoms with Crippen LogP contribution in [0.3, 0.4) is 0 Å². The molecule has 1 atom stereocenters. The molecule has 0 aliphatic rings. The maximum absolute atomic E-state index is 4.04. The number of pyridine rings is 1. The van der Waals surface area contributed by atoms with Crippen LogP contribution in [0.2, 0.25) is 0 Å². The van der Waals surface area contributed by atoms with Crippen molar-refractivity contribution in [3.05, 3.63) is 59.4 Å². The van der Waals surface area contributed by atoms with Crippen LogP contribution in [0.5, 0.6) is 0 Å². The van der Waals surface area contributed by atoms with Crippen molar-refractivity contribution in [3.8, 4) is 0 Å². The summed E-state index contributed by atoms with van der Waals surface area (Å²) in [5.74, 6) is 1.02. The number of nitrogens with zero attached hydrogens (tertiary/aromatic N) is 1. The van der Waals surface area contributed by atoms with E-state index in [0.29, 0.717) is 6.04 Å². The summed E-state index contributed by atoms with van der Waals surface area (Å²) in [6, 6.07) is 11.2. The smallest absolute Gasteiger partial charge is 0.0413 e. The lowest BCUT2D eigenvalue weighted by Crippen LogP contribution is -2.18. The first-order valence-corrected chi connectivity index (χ1v) is 7.46. The van der Waals surface area contributed by atoms with Crippen LogP contribution < -0.4 is 5.32 Å². The molecule has 19 heavy (non-hydrogen) atoms. The van der Waals surface area contributed by atoms with Crippen LogP contribution in [0.25, 0.3) is 0 Å². The maximum atomic E-state index is 4.04. The second-order valence-electron chi connectivity index (χ2n) is 4.68. The topological polar surface area (TPSA) is 24.9 Å². The van der Waals surface area contributed by atoms with Crippen molar-refractivity contribution < 1.29 is 0 Å². The van der Waals surface area contributed by atoms with Crippen molar-refractivity contribution in [2.24, 2.45) is 0 Å². The highest BCUT2D eigenvalue weighted by atomic mass is 32.2. The molecule has 0 amide bonds. The van der Waals surface area contributed by atoms with E-state index >= 15 is 0 Å². The molecule has 0 saturated heterocycles. The molecule has 2 nitrogen and oxygen atoms in total. The van der Waals surface area contributed by atoms with Gasteiger partial charge in [0, 0.05) is 29.1 Å². The van der Waals surface area contributed by atoms with Crippen LogP contribution in [0.15, 0.2) is 47.6 Å². The van der Waals surface area contributed by atoms with Gasteiger partial charge in [0.25, 0.3) is 0 Å². The Hall–Kier alpha value is -1.32. The highest BCUT2D eigenvalue weighted by molar-refractivity contribution is 7.99. The van der Waals surface area contributed by atoms with Crippen LogP contribution in [-0.4, -0.2) is 17.8 Å². The molecule has 2 aromatic rings. The summed E-state index contributed by atoms with van der Waals surface area (Å²) in [6.45, 7) is 4.32. The minimum absolute atomic E-state index is 0.373. The predicted molar refractivity (Wildman–Crippen MR) is 82.7 cm³/mol. The van der Waals surface area contributed by atoms with E-state index in [2.05, 4.69) is 54.5 Å². The molecule has 0 bridgehead atoms. The quantitative estimate of drug-likeness (QED) is 0.839. The summed E-state index contributed by atoms with van der Waals surface area (Å²) < 4.78 is 0. The standard InChI is InChI=1S/C16H20N2S/c1-12-4-5-14(10-13(12)2)16(17-3)11-19-15-6-8-18-9-7-15/h4-10,16-17H,11H2,1-3H3. The zero-order valence-electron chi connectivity index (χ0n) is 11.7. The fraction of sp³-hybridized carbons (Fsp3) is 0.312. The molecule has 0 fully saturated rings. The molecular formula is C16H20N2S. The fourth-order valence-corrected chi connectivity index (χ4v) is 2.97. The monoisotopic (exact) mass is 272 g/mol. The minimum Gasteiger partial charge on any atom is -0.312 e. The first-order valence-electron chi connectivity index (χ1n) is 6.48. The summed E-state index contributed by atoms with van der Waals surface area (Å²) in [4.78, 5) is 5.31. The van der Waals surface area contributed by atoms with Gasteiger partial charge in [0.15, 0.2) is 0 Å². The molecule has 0 radical (unpaired) electrons. The normalized spacial score (nSPS) is 12.4. The lowest BCUT2D eigenvalue weighted by molar-refractivity contribution is 0.661. The molecule has 1 unspecified atom stereocenters. The Kier molecular flexibility index (Phi) is 5.00. The first kappa shape index (κ1) is 14.1. The summed E-state index contributed by atoms with van der Waals surface area (Å²) in [5, 5.41) is 3.40. The van der Waals surface area contributed by atoms with E-state index in [1.165, 1.54) is 21.6 Å². The third kappa shape index (κ3) is 3.82. The van der Waals surface area contributed by atoms with Crippen molar-refractivity contribution in [3.63, 3.8) is 0 Å². The van der Waals surface area contributed by atoms with Gasteiger partial charge in [-0.15, -0.1) is 11.8 Å². The zero-order valence-corrected chi connectivity index (χ0v) is 12.5. The van der Waals surface area contributed by atoms with Crippen molar-refractivity contribution in [2.75, 3.05) is 12.8 Å². The summed E-state index contributed by atoms with van der Waals surface area (Å²) >= 11 is 1.86. The Morgan fingerprint density at radius 2 is 1.84 bits per heavy atom. The lowest BCUT2D eigenvalue weighted by Gasteiger charge is -2.17. The number of thioether (sulfide) groups is 1. The molecule has 1 aromatic heterocycles. The third-order valence-electron chi connectivity index (χ3n) is 3.35. The van der Waals surface area contributed by atoms with Gasteiger partial charge in [-0.25, -0.2) is 0 Å². The van der Waals surface area contributed by atoms with Gasteiger partial charge in [-0.05, 0) is 49.7 Å². The number of hydrogen-bond acceptors (Lipinski definition) is 3. The fourth-order valence-electron chi connectivity index (χ4n) is 1.94. The van der Waals surface area contributed by atoms with Gasteiger partial charge in [0.1, 0.15) is 0 Å². The van der Waals surface area contributed by atoms with Crippen molar-refractivity contribution in [2.45, 2.75) is 24.8 Å². The number of aromatic nitrogens is 1. The van der Waals surface area contributed by atoms with Gasteiger partial charge < -0.3 is 5.32 Å². The number of aryl methyl sites for hydroxylation is 2. The first-order chi connectivity index (χ1) is 9.20. The van der Waals surface area contributed by atoms with Gasteiger partial charge in [0.05, 0.1) is 0 Å². The largest absolute Gasteiger partial charge is 0.312 e. The summed E-state index contributed by atoms with van der Waals surface area (Å²) in [7, 11) is 2.02. The van der Waals surface area contributed by atoms with E-state index in [1.54, 1.807) is 0 Å². The average Bonchev–Trinajstić information content (AvgIpc) is 2.44. The highest BCUT2D eigenvalue weighted by Gasteiger charge is 2.10. The third-order valence-corrected chi connectivity index (χ3v) is 4.45. The zero-order chi connectivity index (χ0) is 13.7. The number of nitrogens with one attached hydrogen (secondary N) is 1. The Morgan fingerprint density at radius 3 is 2.47 bits per heavy atom. The molecule has 0 aliphatic carbocycles. The summed E-state index contributed by atoms with van der Waals surface area (Å²) in [5.41, 5.74) is 4.05. The molecule has 1 aromatic carbocycles. The van der Waals surface area contributed by atoms with Crippen molar-refractivity contribution in [1.82, 2.24) is 10.3 Å². The number of hydrogen-bond donors (Lipinski definition) is 1. The lowest BCUT2D eigenvalue weighted by atomic mass is 10.0. The Labute approximate surface area is 119 Å². The van der Waals surface area contributed by atoms with Crippen molar-refractivity contribution >= 4 is 11.8 Å². The van der Waals surface area contributed by atoms with E-state index < -0.39 is 0 Å². The maximum Gasteiger partial charge on any atom is 0.0413 e. The van der Waals surface area contributed by atoms with Gasteiger partial charge in [-0.3, -0.25) is 4.98 Å². The average molecular weight is 272 g/mol. The van der Waals surface area contributed by atoms with E-state index in [1.807, 2.05) is 31.2 Å². The molecule has 0 aliphatic heterocycles. The number of benzene rings is 1. The van der Waals surface area contributed by atoms with Gasteiger partial charge in [-0.1, -0.05) is 18.2 Å². The molecular weight excluding hydrogens is 252 g/mol. The minimum atomic E-state index is 0.373. The van der Waals surface area contributed by atoms with Crippen LogP contribution in [0, 0.1) is 13.8 Å². The SMILES string of the molecule is CNC(CSc1ccncc1)c1ccc(C)c(C)c1. The van der Waals surface area contributed by atoms with Gasteiger partial charge >= 0.3 is 0 Å². The second-order valence-corrected chi connectivity index (χ2v) is 5.77. The van der Waals surface area contributed by atoms with Crippen LogP contribution in [-0.2, 0) is 0 Å². The molecule has 0 saturated carbocycles. The molecule has 2 rings (SSSR count). The molecule has 3 heteroatoms. The van der Waals surface area contributed by atoms with Crippen LogP contribution in [0.1, 0.15) is 22.7 Å². The Morgan fingerprint density at radius 1 is 1.11 bits per heavy atom. The van der Waals surface area contributed by atoms with E-state index in [9.17, 15) is 0 Å². The van der Waals surface area contributed by atoms with Crippen molar-refractivity contribution in [1.29, 1.82) is 0 Å². The van der Waals surface area contributed by atoms with Gasteiger partial charge in [-0.2, -0.15) is 0 Å². The highest BCUT2D eigenvalue weighted by Crippen LogP contribution is 2.25. The Balaban J connectivity index is 2.05. The molecule has 0 spiro atoms. The number of rotatable bonds is 5. The second kappa shape index (κ2) is 6.73. The van der Waals surface area contributed by atoms with Crippen LogP contribution >= 0.6 is 11.8 Å². The van der Waals surface area contributed by atoms with Crippen LogP contribution in [0.4, 0.5) is 0 Å². The molecule has 100 valence electrons. The molecule has 1 N–H and O–H groups in total. The van der Waals surface area contributed by atoms with E-state index in [4.69, 9.17) is 0 Å². The summed E-state index contributed by atoms with van der Waals surface area (Å²) in [6.07, 6.45) is 3.68. The predicted octanol–water partition coefficient (Wildman–Crippen LogP) is 3.75. The molecule has 1 heterocycles. The van der Waals surface area contributed by atoms with Gasteiger partial charge in [0.2, 0.25) is 0 Å².